The van der Waals surface area contributed by atoms with Crippen LogP contribution in [-0.4, -0.2) is 17.4 Å². The first-order chi connectivity index (χ1) is 8.77. The molecule has 18 heavy (non-hydrogen) atoms. The van der Waals surface area contributed by atoms with E-state index >= 15 is 0 Å². The molecular weight excluding hydrogens is 268 g/mol. The molecule has 1 amide bonds. The predicted molar refractivity (Wildman–Crippen MR) is 73.9 cm³/mol. The first-order valence-corrected chi connectivity index (χ1v) is 6.94. The lowest BCUT2D eigenvalue weighted by Crippen LogP contribution is -2.28. The van der Waals surface area contributed by atoms with E-state index in [0.717, 1.165) is 17.0 Å². The van der Waals surface area contributed by atoms with Crippen molar-refractivity contribution in [3.05, 3.63) is 52.5 Å². The number of amides is 1. The summed E-state index contributed by atoms with van der Waals surface area (Å²) in [5.74, 6) is -0.167. The van der Waals surface area contributed by atoms with Gasteiger partial charge >= 0.3 is 0 Å². The molecule has 0 aliphatic carbocycles. The first-order valence-electron chi connectivity index (χ1n) is 5.62. The summed E-state index contributed by atoms with van der Waals surface area (Å²) in [5, 5.41) is 5.12. The van der Waals surface area contributed by atoms with Gasteiger partial charge in [-0.25, -0.2) is 4.98 Å². The minimum Gasteiger partial charge on any atom is -0.354 e. The van der Waals surface area contributed by atoms with Crippen molar-refractivity contribution in [2.75, 3.05) is 6.54 Å². The molecule has 3 nitrogen and oxygen atoms in total. The fourth-order valence-corrected chi connectivity index (χ4v) is 2.38. The third-order valence-corrected chi connectivity index (χ3v) is 3.73. The minimum absolute atomic E-state index is 0.167. The quantitative estimate of drug-likeness (QED) is 0.856. The van der Waals surface area contributed by atoms with E-state index < -0.39 is 5.38 Å². The van der Waals surface area contributed by atoms with Crippen LogP contribution in [0.25, 0.3) is 0 Å². The van der Waals surface area contributed by atoms with E-state index in [4.69, 9.17) is 11.6 Å². The molecule has 1 aromatic heterocycles. The number of carbonyl (C=O) groups excluding carboxylic acids is 1. The van der Waals surface area contributed by atoms with Crippen LogP contribution in [0.15, 0.2) is 41.9 Å². The molecule has 0 aliphatic heterocycles. The van der Waals surface area contributed by atoms with Crippen molar-refractivity contribution in [2.24, 2.45) is 0 Å². The molecule has 0 fully saturated rings. The Morgan fingerprint density at radius 1 is 1.39 bits per heavy atom. The van der Waals surface area contributed by atoms with Crippen LogP contribution >= 0.6 is 22.9 Å². The molecule has 1 N–H and O–H groups in total. The Hall–Kier alpha value is -1.39. The number of nitrogens with zero attached hydrogens (tertiary/aromatic N) is 1. The average Bonchev–Trinajstić information content (AvgIpc) is 2.92. The van der Waals surface area contributed by atoms with Crippen LogP contribution in [0.3, 0.4) is 0 Å². The fraction of sp³-hybridized carbons (Fsp3) is 0.231. The SMILES string of the molecule is O=C(NCCc1nccs1)C(Cl)c1ccccc1. The maximum atomic E-state index is 11.8. The molecule has 94 valence electrons. The third-order valence-electron chi connectivity index (χ3n) is 2.44. The van der Waals surface area contributed by atoms with E-state index in [1.165, 1.54) is 0 Å². The Morgan fingerprint density at radius 3 is 2.83 bits per heavy atom. The lowest BCUT2D eigenvalue weighted by Gasteiger charge is -2.10. The summed E-state index contributed by atoms with van der Waals surface area (Å²) >= 11 is 7.68. The zero-order valence-corrected chi connectivity index (χ0v) is 11.2. The van der Waals surface area contributed by atoms with Crippen LogP contribution < -0.4 is 5.32 Å². The van der Waals surface area contributed by atoms with Crippen molar-refractivity contribution in [1.82, 2.24) is 10.3 Å². The van der Waals surface area contributed by atoms with Gasteiger partial charge in [-0.1, -0.05) is 30.3 Å². The largest absolute Gasteiger partial charge is 0.354 e. The fourth-order valence-electron chi connectivity index (χ4n) is 1.53. The summed E-state index contributed by atoms with van der Waals surface area (Å²) in [4.78, 5) is 16.0. The molecule has 0 bridgehead atoms. The second-order valence-corrected chi connectivity index (χ2v) is 5.16. The van der Waals surface area contributed by atoms with Gasteiger partial charge in [-0.15, -0.1) is 22.9 Å². The number of rotatable bonds is 5. The molecule has 2 aromatic rings. The monoisotopic (exact) mass is 280 g/mol. The first kappa shape index (κ1) is 13.1. The molecule has 1 atom stereocenters. The molecule has 0 radical (unpaired) electrons. The Bertz CT molecular complexity index is 487. The average molecular weight is 281 g/mol. The normalized spacial score (nSPS) is 12.1. The van der Waals surface area contributed by atoms with Gasteiger partial charge in [0.2, 0.25) is 5.91 Å². The highest BCUT2D eigenvalue weighted by Gasteiger charge is 2.16. The molecular formula is C13H13ClN2OS. The van der Waals surface area contributed by atoms with Crippen molar-refractivity contribution in [2.45, 2.75) is 11.8 Å². The molecule has 0 saturated heterocycles. The highest BCUT2D eigenvalue weighted by molar-refractivity contribution is 7.09. The van der Waals surface area contributed by atoms with Gasteiger partial charge in [-0.05, 0) is 5.56 Å². The molecule has 0 spiro atoms. The Kier molecular flexibility index (Phi) is 4.73. The van der Waals surface area contributed by atoms with Crippen molar-refractivity contribution in [1.29, 1.82) is 0 Å². The topological polar surface area (TPSA) is 42.0 Å². The van der Waals surface area contributed by atoms with E-state index in [-0.39, 0.29) is 5.91 Å². The van der Waals surface area contributed by atoms with E-state index in [9.17, 15) is 4.79 Å². The van der Waals surface area contributed by atoms with E-state index in [0.29, 0.717) is 6.54 Å². The lowest BCUT2D eigenvalue weighted by molar-refractivity contribution is -0.120. The lowest BCUT2D eigenvalue weighted by atomic mass is 10.1. The predicted octanol–water partition coefficient (Wildman–Crippen LogP) is 2.78. The van der Waals surface area contributed by atoms with Gasteiger partial charge in [0.25, 0.3) is 0 Å². The van der Waals surface area contributed by atoms with E-state index in [1.807, 2.05) is 35.7 Å². The summed E-state index contributed by atoms with van der Waals surface area (Å²) in [6.07, 6.45) is 2.50. The second kappa shape index (κ2) is 6.52. The summed E-state index contributed by atoms with van der Waals surface area (Å²) in [6, 6.07) is 9.32. The van der Waals surface area contributed by atoms with E-state index in [2.05, 4.69) is 10.3 Å². The smallest absolute Gasteiger partial charge is 0.242 e. The van der Waals surface area contributed by atoms with Gasteiger partial charge < -0.3 is 5.32 Å². The third kappa shape index (κ3) is 3.55. The van der Waals surface area contributed by atoms with Gasteiger partial charge in [-0.2, -0.15) is 0 Å². The van der Waals surface area contributed by atoms with Crippen LogP contribution in [0.1, 0.15) is 15.9 Å². The highest BCUT2D eigenvalue weighted by Crippen LogP contribution is 2.19. The van der Waals surface area contributed by atoms with Crippen LogP contribution in [0.4, 0.5) is 0 Å². The van der Waals surface area contributed by atoms with Crippen LogP contribution in [0.2, 0.25) is 0 Å². The number of alkyl halides is 1. The maximum absolute atomic E-state index is 11.8. The number of aromatic nitrogens is 1. The van der Waals surface area contributed by atoms with Gasteiger partial charge in [0, 0.05) is 24.5 Å². The van der Waals surface area contributed by atoms with Crippen molar-refractivity contribution < 1.29 is 4.79 Å². The van der Waals surface area contributed by atoms with Gasteiger partial charge in [0.15, 0.2) is 0 Å². The number of hydrogen-bond acceptors (Lipinski definition) is 3. The summed E-state index contributed by atoms with van der Waals surface area (Å²) in [5.41, 5.74) is 0.811. The van der Waals surface area contributed by atoms with Gasteiger partial charge in [0.05, 0.1) is 5.01 Å². The Labute approximate surface area is 115 Å². The molecule has 0 saturated carbocycles. The van der Waals surface area contributed by atoms with Gasteiger partial charge in [0.1, 0.15) is 5.38 Å². The standard InChI is InChI=1S/C13H13ClN2OS/c14-12(10-4-2-1-3-5-10)13(17)16-7-6-11-15-8-9-18-11/h1-5,8-9,12H,6-7H2,(H,16,17). The number of thiazole rings is 1. The number of carbonyl (C=O) groups is 1. The van der Waals surface area contributed by atoms with E-state index in [1.54, 1.807) is 17.5 Å². The molecule has 1 unspecified atom stereocenters. The molecule has 1 aromatic carbocycles. The van der Waals surface area contributed by atoms with Crippen LogP contribution in [0, 0.1) is 0 Å². The zero-order chi connectivity index (χ0) is 12.8. The minimum atomic E-state index is -0.637. The van der Waals surface area contributed by atoms with Crippen LogP contribution in [-0.2, 0) is 11.2 Å². The Balaban J connectivity index is 1.81. The maximum Gasteiger partial charge on any atom is 0.242 e. The highest BCUT2D eigenvalue weighted by atomic mass is 35.5. The van der Waals surface area contributed by atoms with Crippen LogP contribution in [0.5, 0.6) is 0 Å². The summed E-state index contributed by atoms with van der Waals surface area (Å²) in [6.45, 7) is 0.558. The van der Waals surface area contributed by atoms with Crippen molar-refractivity contribution in [3.8, 4) is 0 Å². The molecule has 0 aliphatic rings. The summed E-state index contributed by atoms with van der Waals surface area (Å²) < 4.78 is 0. The molecule has 1 heterocycles. The summed E-state index contributed by atoms with van der Waals surface area (Å²) in [7, 11) is 0. The molecule has 2 rings (SSSR count). The zero-order valence-electron chi connectivity index (χ0n) is 9.67. The number of nitrogens with one attached hydrogen (secondary N) is 1. The Morgan fingerprint density at radius 2 is 2.17 bits per heavy atom. The number of benzene rings is 1. The number of halogens is 1. The van der Waals surface area contributed by atoms with Crippen molar-refractivity contribution in [3.63, 3.8) is 0 Å². The second-order valence-electron chi connectivity index (χ2n) is 3.74. The van der Waals surface area contributed by atoms with Crippen molar-refractivity contribution >= 4 is 28.8 Å². The molecule has 5 heteroatoms. The van der Waals surface area contributed by atoms with Gasteiger partial charge in [-0.3, -0.25) is 4.79 Å². The number of hydrogen-bond donors (Lipinski definition) is 1.